The molecule has 0 aliphatic rings. The highest BCUT2D eigenvalue weighted by molar-refractivity contribution is 14.1. The summed E-state index contributed by atoms with van der Waals surface area (Å²) < 4.78 is 1.07. The molecule has 1 aromatic carbocycles. The van der Waals surface area contributed by atoms with Gasteiger partial charge in [-0.3, -0.25) is 0 Å². The summed E-state index contributed by atoms with van der Waals surface area (Å²) in [4.78, 5) is 9.13. The van der Waals surface area contributed by atoms with Crippen LogP contribution in [-0.4, -0.2) is 17.0 Å². The Hall–Kier alpha value is -1.17. The van der Waals surface area contributed by atoms with E-state index >= 15 is 0 Å². The van der Waals surface area contributed by atoms with E-state index in [0.29, 0.717) is 0 Å². The van der Waals surface area contributed by atoms with Crippen molar-refractivity contribution < 1.29 is 0 Å². The van der Waals surface area contributed by atoms with Crippen LogP contribution in [-0.2, 0) is 0 Å². The molecule has 0 unspecified atom stereocenters. The van der Waals surface area contributed by atoms with E-state index in [1.807, 2.05) is 14.0 Å². The number of anilines is 1. The van der Waals surface area contributed by atoms with E-state index in [4.69, 9.17) is 0 Å². The number of hydrogen-bond donors (Lipinski definition) is 1. The van der Waals surface area contributed by atoms with Crippen LogP contribution in [0, 0.1) is 24.3 Å². The molecule has 0 aliphatic heterocycles. The zero-order valence-corrected chi connectivity index (χ0v) is 13.2. The minimum absolute atomic E-state index is 0.778. The molecule has 0 amide bonds. The third-order valence-corrected chi connectivity index (χ3v) is 4.31. The first-order valence-corrected chi connectivity index (χ1v) is 6.90. The van der Waals surface area contributed by atoms with E-state index in [9.17, 15) is 0 Å². The Bertz CT molecular complexity index is 594. The number of aromatic nitrogens is 2. The van der Waals surface area contributed by atoms with Gasteiger partial charge in [-0.15, -0.1) is 0 Å². The zero-order chi connectivity index (χ0) is 13.3. The van der Waals surface area contributed by atoms with Crippen molar-refractivity contribution in [1.29, 1.82) is 0 Å². The van der Waals surface area contributed by atoms with Gasteiger partial charge in [-0.25, -0.2) is 9.97 Å². The van der Waals surface area contributed by atoms with Crippen LogP contribution in [0.3, 0.4) is 0 Å². The summed E-state index contributed by atoms with van der Waals surface area (Å²) in [6.07, 6.45) is 0. The van der Waals surface area contributed by atoms with Gasteiger partial charge in [0.25, 0.3) is 0 Å². The van der Waals surface area contributed by atoms with Gasteiger partial charge in [-0.1, -0.05) is 12.1 Å². The summed E-state index contributed by atoms with van der Waals surface area (Å²) in [5, 5.41) is 3.11. The molecule has 3 nitrogen and oxygen atoms in total. The number of rotatable bonds is 2. The predicted octanol–water partition coefficient (Wildman–Crippen LogP) is 3.72. The molecule has 1 N–H and O–H groups in total. The number of benzene rings is 1. The van der Waals surface area contributed by atoms with Gasteiger partial charge in [0.15, 0.2) is 5.82 Å². The van der Waals surface area contributed by atoms with Gasteiger partial charge in [0, 0.05) is 12.6 Å². The van der Waals surface area contributed by atoms with Crippen LogP contribution < -0.4 is 5.32 Å². The van der Waals surface area contributed by atoms with Crippen molar-refractivity contribution in [2.24, 2.45) is 0 Å². The van der Waals surface area contributed by atoms with Gasteiger partial charge in [0.2, 0.25) is 0 Å². The largest absolute Gasteiger partial charge is 0.372 e. The molecule has 0 saturated carbocycles. The third kappa shape index (κ3) is 2.48. The summed E-state index contributed by atoms with van der Waals surface area (Å²) in [6, 6.07) is 6.32. The molecule has 4 heteroatoms. The van der Waals surface area contributed by atoms with E-state index in [1.165, 1.54) is 11.1 Å². The Morgan fingerprint density at radius 2 is 1.78 bits per heavy atom. The van der Waals surface area contributed by atoms with Gasteiger partial charge >= 0.3 is 0 Å². The summed E-state index contributed by atoms with van der Waals surface area (Å²) in [6.45, 7) is 6.23. The van der Waals surface area contributed by atoms with Gasteiger partial charge < -0.3 is 5.32 Å². The molecular weight excluding hydrogens is 337 g/mol. The smallest absolute Gasteiger partial charge is 0.161 e. The van der Waals surface area contributed by atoms with Crippen molar-refractivity contribution in [3.05, 3.63) is 38.6 Å². The first-order chi connectivity index (χ1) is 8.52. The van der Waals surface area contributed by atoms with Crippen LogP contribution in [0.25, 0.3) is 11.4 Å². The Kier molecular flexibility index (Phi) is 3.85. The fourth-order valence-corrected chi connectivity index (χ4v) is 2.25. The molecule has 2 rings (SSSR count). The molecule has 0 bridgehead atoms. The van der Waals surface area contributed by atoms with Crippen LogP contribution in [0.2, 0.25) is 0 Å². The molecule has 0 saturated heterocycles. The number of nitrogens with one attached hydrogen (secondary N) is 1. The molecule has 0 aliphatic carbocycles. The molecule has 1 heterocycles. The topological polar surface area (TPSA) is 37.8 Å². The van der Waals surface area contributed by atoms with Crippen molar-refractivity contribution in [3.8, 4) is 11.4 Å². The lowest BCUT2D eigenvalue weighted by Crippen LogP contribution is -2.03. The lowest BCUT2D eigenvalue weighted by atomic mass is 10.1. The normalized spacial score (nSPS) is 10.5. The summed E-state index contributed by atoms with van der Waals surface area (Å²) in [5.74, 6) is 1.66. The Morgan fingerprint density at radius 1 is 1.06 bits per heavy atom. The highest BCUT2D eigenvalue weighted by atomic mass is 127. The number of aryl methyl sites for hydroxylation is 3. The average molecular weight is 353 g/mol. The van der Waals surface area contributed by atoms with Gasteiger partial charge in [-0.2, -0.15) is 0 Å². The molecular formula is C14H16IN3. The molecule has 94 valence electrons. The van der Waals surface area contributed by atoms with E-state index in [0.717, 1.165) is 26.5 Å². The maximum absolute atomic E-state index is 4.56. The monoisotopic (exact) mass is 353 g/mol. The quantitative estimate of drug-likeness (QED) is 0.837. The number of nitrogens with zero attached hydrogens (tertiary/aromatic N) is 2. The van der Waals surface area contributed by atoms with Gasteiger partial charge in [0.05, 0.1) is 9.26 Å². The summed E-state index contributed by atoms with van der Waals surface area (Å²) in [7, 11) is 1.88. The Labute approximate surface area is 121 Å². The standard InChI is InChI=1S/C14H16IN3/c1-8-5-6-11(7-9(8)2)13-17-10(3)12(15)14(16-4)18-13/h5-7H,1-4H3,(H,16,17,18). The van der Waals surface area contributed by atoms with Crippen LogP contribution in [0.4, 0.5) is 5.82 Å². The molecule has 0 atom stereocenters. The highest BCUT2D eigenvalue weighted by Crippen LogP contribution is 2.24. The lowest BCUT2D eigenvalue weighted by molar-refractivity contribution is 1.09. The van der Waals surface area contributed by atoms with Crippen LogP contribution in [0.1, 0.15) is 16.8 Å². The van der Waals surface area contributed by atoms with Crippen molar-refractivity contribution in [1.82, 2.24) is 9.97 Å². The summed E-state index contributed by atoms with van der Waals surface area (Å²) in [5.41, 5.74) is 4.62. The van der Waals surface area contributed by atoms with E-state index in [-0.39, 0.29) is 0 Å². The highest BCUT2D eigenvalue weighted by Gasteiger charge is 2.10. The predicted molar refractivity (Wildman–Crippen MR) is 83.9 cm³/mol. The third-order valence-electron chi connectivity index (χ3n) is 3.02. The zero-order valence-electron chi connectivity index (χ0n) is 11.0. The first-order valence-electron chi connectivity index (χ1n) is 5.82. The van der Waals surface area contributed by atoms with Gasteiger partial charge in [0.1, 0.15) is 5.82 Å². The molecule has 1 aromatic heterocycles. The van der Waals surface area contributed by atoms with Gasteiger partial charge in [-0.05, 0) is 60.6 Å². The van der Waals surface area contributed by atoms with E-state index in [1.54, 1.807) is 0 Å². The second kappa shape index (κ2) is 5.22. The SMILES string of the molecule is CNc1nc(-c2ccc(C)c(C)c2)nc(C)c1I. The summed E-state index contributed by atoms with van der Waals surface area (Å²) >= 11 is 2.27. The van der Waals surface area contributed by atoms with Crippen molar-refractivity contribution in [3.63, 3.8) is 0 Å². The molecule has 18 heavy (non-hydrogen) atoms. The molecule has 0 fully saturated rings. The van der Waals surface area contributed by atoms with Crippen molar-refractivity contribution in [2.45, 2.75) is 20.8 Å². The van der Waals surface area contributed by atoms with Crippen LogP contribution in [0.15, 0.2) is 18.2 Å². The second-order valence-corrected chi connectivity index (χ2v) is 5.42. The second-order valence-electron chi connectivity index (χ2n) is 4.34. The van der Waals surface area contributed by atoms with E-state index < -0.39 is 0 Å². The van der Waals surface area contributed by atoms with Crippen molar-refractivity contribution >= 4 is 28.4 Å². The number of halogens is 1. The fraction of sp³-hybridized carbons (Fsp3) is 0.286. The first kappa shape index (κ1) is 13.3. The molecule has 0 spiro atoms. The lowest BCUT2D eigenvalue weighted by Gasteiger charge is -2.09. The minimum Gasteiger partial charge on any atom is -0.372 e. The molecule has 0 radical (unpaired) electrons. The Morgan fingerprint density at radius 3 is 2.39 bits per heavy atom. The van der Waals surface area contributed by atoms with E-state index in [2.05, 4.69) is 69.9 Å². The van der Waals surface area contributed by atoms with Crippen molar-refractivity contribution in [2.75, 3.05) is 12.4 Å². The average Bonchev–Trinajstić information content (AvgIpc) is 2.36. The van der Waals surface area contributed by atoms with Crippen LogP contribution in [0.5, 0.6) is 0 Å². The fourth-order valence-electron chi connectivity index (χ4n) is 1.73. The van der Waals surface area contributed by atoms with Crippen LogP contribution >= 0.6 is 22.6 Å². The maximum Gasteiger partial charge on any atom is 0.161 e. The number of hydrogen-bond acceptors (Lipinski definition) is 3. The maximum atomic E-state index is 4.56. The minimum atomic E-state index is 0.778. The molecule has 2 aromatic rings. The Balaban J connectivity index is 2.57.